The second-order valence-electron chi connectivity index (χ2n) is 15.7. The molecule has 5 rings (SSSR count). The van der Waals surface area contributed by atoms with Crippen LogP contribution in [0.2, 0.25) is 0 Å². The van der Waals surface area contributed by atoms with Crippen LogP contribution in [0.4, 0.5) is 4.39 Å². The molecule has 1 aliphatic heterocycles. The van der Waals surface area contributed by atoms with Crippen LogP contribution in [0.5, 0.6) is 0 Å². The molecule has 6 nitrogen and oxygen atoms in total. The number of halogens is 1. The maximum absolute atomic E-state index is 17.5. The lowest BCUT2D eigenvalue weighted by Crippen LogP contribution is -2.68. The molecular weight excluding hydrogens is 571 g/mol. The van der Waals surface area contributed by atoms with Gasteiger partial charge in [0.2, 0.25) is 5.78 Å². The highest BCUT2D eigenvalue weighted by Gasteiger charge is 2.80. The van der Waals surface area contributed by atoms with E-state index >= 15 is 4.39 Å². The van der Waals surface area contributed by atoms with Gasteiger partial charge in [0.15, 0.2) is 18.1 Å². The van der Waals surface area contributed by atoms with E-state index in [0.717, 1.165) is 24.8 Å². The summed E-state index contributed by atoms with van der Waals surface area (Å²) in [7, 11) is 0. The SMILES string of the molecule is CCCCCCCCCCCCCCCC(=O)OCC(=O)[C@@]1(O)[C@H](C)CC2C3CCC4=CCC(=O)C5OC(CC21C)[C@]3(F)[C@@]45C. The van der Waals surface area contributed by atoms with E-state index in [2.05, 4.69) is 6.92 Å². The molecule has 0 spiro atoms. The van der Waals surface area contributed by atoms with Crippen molar-refractivity contribution in [3.63, 3.8) is 0 Å². The number of rotatable bonds is 17. The third-order valence-electron chi connectivity index (χ3n) is 13.2. The lowest BCUT2D eigenvalue weighted by atomic mass is 9.44. The highest BCUT2D eigenvalue weighted by Crippen LogP contribution is 2.74. The number of aliphatic hydroxyl groups is 1. The molecule has 254 valence electrons. The molecule has 0 aromatic rings. The van der Waals surface area contributed by atoms with Gasteiger partial charge in [-0.05, 0) is 50.9 Å². The van der Waals surface area contributed by atoms with Gasteiger partial charge in [-0.1, -0.05) is 109 Å². The highest BCUT2D eigenvalue weighted by atomic mass is 19.1. The Morgan fingerprint density at radius 3 is 2.20 bits per heavy atom. The number of esters is 1. The number of fused-ring (bicyclic) bond motifs is 2. The quantitative estimate of drug-likeness (QED) is 0.0991. The summed E-state index contributed by atoms with van der Waals surface area (Å²) < 4.78 is 29.3. The summed E-state index contributed by atoms with van der Waals surface area (Å²) in [5.41, 5.74) is -4.41. The first-order chi connectivity index (χ1) is 21.5. The van der Waals surface area contributed by atoms with E-state index in [9.17, 15) is 19.5 Å². The molecule has 5 aliphatic rings. The molecule has 0 aromatic heterocycles. The van der Waals surface area contributed by atoms with Gasteiger partial charge in [0.05, 0.1) is 11.5 Å². The first-order valence-corrected chi connectivity index (χ1v) is 18.4. The van der Waals surface area contributed by atoms with Crippen molar-refractivity contribution in [1.29, 1.82) is 0 Å². The van der Waals surface area contributed by atoms with Crippen LogP contribution in [0.25, 0.3) is 0 Å². The van der Waals surface area contributed by atoms with Crippen LogP contribution in [-0.4, -0.2) is 52.7 Å². The van der Waals surface area contributed by atoms with Crippen LogP contribution in [0.1, 0.15) is 150 Å². The van der Waals surface area contributed by atoms with Crippen molar-refractivity contribution >= 4 is 17.5 Å². The Bertz CT molecular complexity index is 1140. The van der Waals surface area contributed by atoms with Gasteiger partial charge in [0.25, 0.3) is 0 Å². The minimum atomic E-state index is -1.76. The summed E-state index contributed by atoms with van der Waals surface area (Å²) in [4.78, 5) is 39.2. The number of ketones is 2. The highest BCUT2D eigenvalue weighted by molar-refractivity contribution is 5.92. The van der Waals surface area contributed by atoms with Crippen LogP contribution < -0.4 is 0 Å². The number of hydrogen-bond acceptors (Lipinski definition) is 6. The first-order valence-electron chi connectivity index (χ1n) is 18.4. The van der Waals surface area contributed by atoms with Crippen molar-refractivity contribution in [2.45, 2.75) is 173 Å². The van der Waals surface area contributed by atoms with Crippen LogP contribution in [0.15, 0.2) is 11.6 Å². The normalized spacial score (nSPS) is 39.7. The number of unbranched alkanes of at least 4 members (excludes halogenated alkanes) is 12. The Labute approximate surface area is 270 Å². The van der Waals surface area contributed by atoms with E-state index in [1.165, 1.54) is 64.2 Å². The molecule has 4 fully saturated rings. The van der Waals surface area contributed by atoms with Crippen molar-refractivity contribution in [3.8, 4) is 0 Å². The Morgan fingerprint density at radius 1 is 0.978 bits per heavy atom. The minimum absolute atomic E-state index is 0.0845. The van der Waals surface area contributed by atoms with E-state index < -0.39 is 64.5 Å². The zero-order valence-electron chi connectivity index (χ0n) is 28.5. The molecule has 0 aromatic carbocycles. The molecule has 45 heavy (non-hydrogen) atoms. The molecule has 1 N–H and O–H groups in total. The summed E-state index contributed by atoms with van der Waals surface area (Å²) >= 11 is 0. The number of ether oxygens (including phenoxy) is 2. The second kappa shape index (κ2) is 13.9. The largest absolute Gasteiger partial charge is 0.458 e. The van der Waals surface area contributed by atoms with Crippen molar-refractivity contribution in [3.05, 3.63) is 11.6 Å². The van der Waals surface area contributed by atoms with Crippen molar-refractivity contribution < 1.29 is 33.4 Å². The van der Waals surface area contributed by atoms with E-state index in [4.69, 9.17) is 9.47 Å². The number of alkyl halides is 1. The third kappa shape index (κ3) is 5.78. The number of carbonyl (C=O) groups excluding carboxylic acids is 3. The zero-order valence-corrected chi connectivity index (χ0v) is 28.5. The van der Waals surface area contributed by atoms with Crippen LogP contribution in [0.3, 0.4) is 0 Å². The minimum Gasteiger partial charge on any atom is -0.458 e. The third-order valence-corrected chi connectivity index (χ3v) is 13.2. The monoisotopic (exact) mass is 630 g/mol. The van der Waals surface area contributed by atoms with E-state index in [0.29, 0.717) is 19.3 Å². The van der Waals surface area contributed by atoms with Crippen molar-refractivity contribution in [2.75, 3.05) is 6.61 Å². The average Bonchev–Trinajstić information content (AvgIpc) is 3.37. The number of allylic oxidation sites excluding steroid dienone is 1. The average molecular weight is 631 g/mol. The summed E-state index contributed by atoms with van der Waals surface area (Å²) in [5.74, 6) is -2.05. The summed E-state index contributed by atoms with van der Waals surface area (Å²) in [6, 6.07) is 0. The smallest absolute Gasteiger partial charge is 0.306 e. The number of hydrogen-bond donors (Lipinski definition) is 1. The predicted molar refractivity (Wildman–Crippen MR) is 172 cm³/mol. The molecule has 9 atom stereocenters. The molecule has 1 heterocycles. The van der Waals surface area contributed by atoms with Crippen molar-refractivity contribution in [1.82, 2.24) is 0 Å². The van der Waals surface area contributed by atoms with E-state index in [-0.39, 0.29) is 31.0 Å². The maximum atomic E-state index is 17.5. The van der Waals surface area contributed by atoms with Gasteiger partial charge in [0, 0.05) is 24.2 Å². The molecule has 1 saturated heterocycles. The molecule has 3 saturated carbocycles. The van der Waals surface area contributed by atoms with Gasteiger partial charge in [0.1, 0.15) is 11.7 Å². The summed E-state index contributed by atoms with van der Waals surface area (Å²) in [5, 5.41) is 12.2. The standard InChI is InChI=1S/C38H59FO6/c1-5-6-7-8-9-10-11-12-13-14-15-16-17-18-33(42)44-25-31(41)38(43)26(2)23-29-28-21-19-27-20-22-30(40)34-36(27,4)37(28,39)32(45-34)24-35(29,38)3/h20,26,28-29,32,34,43H,5-19,21-25H2,1-4H3/t26-,28?,29?,32?,34?,35?,36+,37+,38+/m1/s1. The molecule has 0 radical (unpaired) electrons. The number of carbonyl (C=O) groups is 3. The first kappa shape index (κ1) is 34.7. The van der Waals surface area contributed by atoms with Gasteiger partial charge in [-0.25, -0.2) is 4.39 Å². The van der Waals surface area contributed by atoms with Crippen LogP contribution in [-0.2, 0) is 23.9 Å². The molecule has 0 amide bonds. The van der Waals surface area contributed by atoms with Gasteiger partial charge < -0.3 is 14.6 Å². The second-order valence-corrected chi connectivity index (χ2v) is 15.7. The lowest BCUT2D eigenvalue weighted by molar-refractivity contribution is -0.197. The predicted octanol–water partition coefficient (Wildman–Crippen LogP) is 8.17. The van der Waals surface area contributed by atoms with Gasteiger partial charge in [-0.2, -0.15) is 0 Å². The molecule has 4 aliphatic carbocycles. The Hall–Kier alpha value is -1.60. The zero-order chi connectivity index (χ0) is 32.5. The fraction of sp³-hybridized carbons (Fsp3) is 0.868. The molecule has 5 unspecified atom stereocenters. The lowest BCUT2D eigenvalue weighted by Gasteiger charge is -2.60. The summed E-state index contributed by atoms with van der Waals surface area (Å²) in [6.45, 7) is 7.40. The summed E-state index contributed by atoms with van der Waals surface area (Å²) in [6.07, 6.45) is 18.7. The van der Waals surface area contributed by atoms with Gasteiger partial charge in [-0.3, -0.25) is 14.4 Å². The number of Topliss-reactive ketones (excluding diaryl/α,β-unsaturated/α-hetero) is 2. The van der Waals surface area contributed by atoms with Crippen LogP contribution >= 0.6 is 0 Å². The fourth-order valence-corrected chi connectivity index (χ4v) is 10.7. The Morgan fingerprint density at radius 2 is 1.58 bits per heavy atom. The van der Waals surface area contributed by atoms with Gasteiger partial charge >= 0.3 is 5.97 Å². The maximum Gasteiger partial charge on any atom is 0.306 e. The van der Waals surface area contributed by atoms with E-state index in [1.807, 2.05) is 26.8 Å². The Kier molecular flexibility index (Phi) is 10.7. The van der Waals surface area contributed by atoms with Crippen LogP contribution in [0, 0.1) is 28.6 Å². The van der Waals surface area contributed by atoms with Gasteiger partial charge in [-0.15, -0.1) is 0 Å². The van der Waals surface area contributed by atoms with E-state index in [1.54, 1.807) is 0 Å². The Balaban J connectivity index is 1.09. The molecular formula is C38H59FO6. The topological polar surface area (TPSA) is 89.9 Å². The molecule has 0 bridgehead atoms. The fourth-order valence-electron chi connectivity index (χ4n) is 10.7. The molecule has 7 heteroatoms. The van der Waals surface area contributed by atoms with Crippen molar-refractivity contribution in [2.24, 2.45) is 28.6 Å².